The second kappa shape index (κ2) is 10.3. The molecule has 1 aliphatic heterocycles. The highest BCUT2D eigenvalue weighted by Crippen LogP contribution is 2.45. The Morgan fingerprint density at radius 1 is 0.861 bits per heavy atom. The summed E-state index contributed by atoms with van der Waals surface area (Å²) in [5.74, 6) is -3.83. The maximum atomic E-state index is 13.2. The molecule has 0 bridgehead atoms. The maximum Gasteiger partial charge on any atom is 0.330 e. The van der Waals surface area contributed by atoms with Crippen LogP contribution in [-0.4, -0.2) is 41.2 Å². The van der Waals surface area contributed by atoms with Gasteiger partial charge in [0.25, 0.3) is 17.7 Å². The molecule has 186 valence electrons. The number of imide groups is 1. The molecule has 1 N–H and O–H groups in total. The second-order valence-electron chi connectivity index (χ2n) is 8.36. The van der Waals surface area contributed by atoms with E-state index in [1.54, 1.807) is 26.0 Å². The van der Waals surface area contributed by atoms with Crippen LogP contribution in [0, 0.1) is 5.92 Å². The Kier molecular flexibility index (Phi) is 7.48. The Labute approximate surface area is 226 Å². The highest BCUT2D eigenvalue weighted by molar-refractivity contribution is 6.55. The van der Waals surface area contributed by atoms with Crippen molar-refractivity contribution in [3.63, 3.8) is 0 Å². The van der Waals surface area contributed by atoms with E-state index in [4.69, 9.17) is 51.1 Å². The number of hydrogen-bond donors (Lipinski definition) is 1. The quantitative estimate of drug-likeness (QED) is 0.164. The zero-order valence-electron chi connectivity index (χ0n) is 18.9. The van der Waals surface area contributed by atoms with Crippen molar-refractivity contribution in [2.24, 2.45) is 5.92 Å². The van der Waals surface area contributed by atoms with Gasteiger partial charge in [-0.25, -0.2) is 4.79 Å². The van der Waals surface area contributed by atoms with E-state index in [2.05, 4.69) is 5.32 Å². The van der Waals surface area contributed by atoms with E-state index < -0.39 is 42.3 Å². The van der Waals surface area contributed by atoms with Crippen molar-refractivity contribution < 1.29 is 23.9 Å². The Balaban J connectivity index is 1.53. The lowest BCUT2D eigenvalue weighted by Crippen LogP contribution is -2.49. The molecule has 36 heavy (non-hydrogen) atoms. The van der Waals surface area contributed by atoms with Crippen molar-refractivity contribution in [2.45, 2.75) is 19.9 Å². The average Bonchev–Trinajstić information content (AvgIpc) is 3.10. The smallest absolute Gasteiger partial charge is 0.330 e. The minimum absolute atomic E-state index is 0.182. The van der Waals surface area contributed by atoms with Gasteiger partial charge in [0.05, 0.1) is 31.2 Å². The molecule has 3 amide bonds. The van der Waals surface area contributed by atoms with Crippen LogP contribution in [0.25, 0.3) is 10.8 Å². The number of hydrogen-bond acceptors (Lipinski definition) is 5. The van der Waals surface area contributed by atoms with Crippen LogP contribution < -0.4 is 5.32 Å². The zero-order valence-corrected chi connectivity index (χ0v) is 21.9. The summed E-state index contributed by atoms with van der Waals surface area (Å²) in [7, 11) is 0. The van der Waals surface area contributed by atoms with E-state index in [-0.39, 0.29) is 31.2 Å². The van der Waals surface area contributed by atoms with Gasteiger partial charge in [-0.2, -0.15) is 0 Å². The van der Waals surface area contributed by atoms with Gasteiger partial charge in [-0.1, -0.05) is 96.6 Å². The highest BCUT2D eigenvalue weighted by Gasteiger charge is 2.48. The van der Waals surface area contributed by atoms with E-state index in [9.17, 15) is 19.2 Å². The van der Waals surface area contributed by atoms with Crippen LogP contribution >= 0.6 is 46.4 Å². The Morgan fingerprint density at radius 3 is 2.00 bits per heavy atom. The number of carbonyl (C=O) groups excluding carboxylic acids is 4. The monoisotopic (exact) mass is 566 g/mol. The van der Waals surface area contributed by atoms with E-state index in [1.807, 2.05) is 30.3 Å². The molecule has 7 nitrogen and oxygen atoms in total. The molecular formula is C25H18Cl4N2O5. The number of halogens is 4. The number of carbonyl (C=O) groups is 4. The molecule has 0 saturated carbocycles. The fourth-order valence-electron chi connectivity index (χ4n) is 4.04. The lowest BCUT2D eigenvalue weighted by atomic mass is 10.0. The van der Waals surface area contributed by atoms with Crippen LogP contribution in [0.4, 0.5) is 5.69 Å². The van der Waals surface area contributed by atoms with Gasteiger partial charge in [0.15, 0.2) is 6.61 Å². The van der Waals surface area contributed by atoms with Gasteiger partial charge in [-0.3, -0.25) is 19.3 Å². The van der Waals surface area contributed by atoms with Crippen LogP contribution in [0.1, 0.15) is 34.6 Å². The summed E-state index contributed by atoms with van der Waals surface area (Å²) in [6.45, 7) is 2.61. The van der Waals surface area contributed by atoms with E-state index >= 15 is 0 Å². The lowest BCUT2D eigenvalue weighted by molar-refractivity contribution is -0.152. The molecule has 1 aliphatic rings. The first-order chi connectivity index (χ1) is 17.0. The predicted octanol–water partition coefficient (Wildman–Crippen LogP) is 6.26. The first kappa shape index (κ1) is 26.2. The normalized spacial score (nSPS) is 13.8. The van der Waals surface area contributed by atoms with E-state index in [1.165, 1.54) is 0 Å². The van der Waals surface area contributed by atoms with Crippen LogP contribution in [0.3, 0.4) is 0 Å². The van der Waals surface area contributed by atoms with Crippen LogP contribution in [-0.2, 0) is 14.3 Å². The summed E-state index contributed by atoms with van der Waals surface area (Å²) in [5, 5.41) is 3.60. The number of nitrogens with zero attached hydrogens (tertiary/aromatic N) is 1. The number of nitrogens with one attached hydrogen (secondary N) is 1. The van der Waals surface area contributed by atoms with Gasteiger partial charge in [0.2, 0.25) is 0 Å². The SMILES string of the molecule is CC(C)[C@H](C(=O)OCC(=O)Nc1cccc2ccccc12)N1C(=O)c2c(Cl)c(Cl)c(Cl)c(Cl)c2C1=O. The topological polar surface area (TPSA) is 92.8 Å². The third-order valence-electron chi connectivity index (χ3n) is 5.69. The highest BCUT2D eigenvalue weighted by atomic mass is 35.5. The molecule has 0 fully saturated rings. The molecule has 4 rings (SSSR count). The largest absolute Gasteiger partial charge is 0.454 e. The van der Waals surface area contributed by atoms with E-state index in [0.29, 0.717) is 10.6 Å². The van der Waals surface area contributed by atoms with Crippen molar-refractivity contribution in [3.8, 4) is 0 Å². The third kappa shape index (κ3) is 4.52. The van der Waals surface area contributed by atoms with Gasteiger partial charge in [0, 0.05) is 11.1 Å². The minimum atomic E-state index is -1.35. The second-order valence-corrected chi connectivity index (χ2v) is 9.87. The molecule has 0 saturated heterocycles. The van der Waals surface area contributed by atoms with Crippen LogP contribution in [0.5, 0.6) is 0 Å². The standard InChI is InChI=1S/C25H18Cl4N2O5/c1-11(2)22(31-23(33)16-17(24(31)34)19(27)21(29)20(28)18(16)26)25(35)36-10-15(32)30-14-9-5-7-12-6-3-4-8-13(12)14/h3-9,11,22H,10H2,1-2H3,(H,30,32)/t22-/m1/s1. The van der Waals surface area contributed by atoms with Gasteiger partial charge < -0.3 is 10.1 Å². The molecule has 3 aromatic carbocycles. The van der Waals surface area contributed by atoms with Crippen molar-refractivity contribution in [2.75, 3.05) is 11.9 Å². The molecule has 1 atom stereocenters. The zero-order chi connectivity index (χ0) is 26.3. The summed E-state index contributed by atoms with van der Waals surface area (Å²) in [4.78, 5) is 52.6. The molecule has 1 heterocycles. The number of esters is 1. The van der Waals surface area contributed by atoms with Crippen molar-refractivity contribution >= 4 is 86.6 Å². The molecule has 0 aliphatic carbocycles. The Morgan fingerprint density at radius 2 is 1.42 bits per heavy atom. The molecule has 11 heteroatoms. The fourth-order valence-corrected chi connectivity index (χ4v) is 5.05. The molecule has 0 unspecified atom stereocenters. The summed E-state index contributed by atoms with van der Waals surface area (Å²) in [6.07, 6.45) is 0. The average molecular weight is 568 g/mol. The minimum Gasteiger partial charge on any atom is -0.454 e. The third-order valence-corrected chi connectivity index (χ3v) is 7.49. The van der Waals surface area contributed by atoms with Gasteiger partial charge in [0.1, 0.15) is 6.04 Å². The van der Waals surface area contributed by atoms with Gasteiger partial charge in [-0.05, 0) is 17.4 Å². The lowest BCUT2D eigenvalue weighted by Gasteiger charge is -2.27. The van der Waals surface area contributed by atoms with E-state index in [0.717, 1.165) is 10.8 Å². The number of ether oxygens (including phenoxy) is 1. The number of amides is 3. The predicted molar refractivity (Wildman–Crippen MR) is 139 cm³/mol. The molecule has 0 aromatic heterocycles. The Hall–Kier alpha value is -2.84. The molecular weight excluding hydrogens is 550 g/mol. The first-order valence-electron chi connectivity index (χ1n) is 10.7. The number of fused-ring (bicyclic) bond motifs is 2. The number of anilines is 1. The fraction of sp³-hybridized carbons (Fsp3) is 0.200. The van der Waals surface area contributed by atoms with Crippen molar-refractivity contribution in [1.82, 2.24) is 4.90 Å². The molecule has 3 aromatic rings. The Bertz CT molecular complexity index is 1390. The van der Waals surface area contributed by atoms with Gasteiger partial charge >= 0.3 is 5.97 Å². The van der Waals surface area contributed by atoms with Crippen molar-refractivity contribution in [3.05, 3.63) is 73.7 Å². The first-order valence-corrected chi connectivity index (χ1v) is 12.2. The summed E-state index contributed by atoms with van der Waals surface area (Å²) >= 11 is 24.5. The maximum absolute atomic E-state index is 13.2. The van der Waals surface area contributed by atoms with Crippen LogP contribution in [0.15, 0.2) is 42.5 Å². The van der Waals surface area contributed by atoms with Crippen molar-refractivity contribution in [1.29, 1.82) is 0 Å². The van der Waals surface area contributed by atoms with Crippen LogP contribution in [0.2, 0.25) is 20.1 Å². The number of rotatable bonds is 6. The summed E-state index contributed by atoms with van der Waals surface area (Å²) < 4.78 is 5.21. The molecule has 0 radical (unpaired) electrons. The summed E-state index contributed by atoms with van der Waals surface area (Å²) in [6, 6.07) is 11.5. The summed E-state index contributed by atoms with van der Waals surface area (Å²) in [5.41, 5.74) is 0.0642. The number of benzene rings is 3. The molecule has 0 spiro atoms. The van der Waals surface area contributed by atoms with Gasteiger partial charge in [-0.15, -0.1) is 0 Å².